The van der Waals surface area contributed by atoms with Crippen LogP contribution in [0.1, 0.15) is 43.8 Å². The highest BCUT2D eigenvalue weighted by molar-refractivity contribution is 5.82. The fraction of sp³-hybridized carbons (Fsp3) is 0.433. The third kappa shape index (κ3) is 5.78. The first-order valence-electron chi connectivity index (χ1n) is 13.9. The van der Waals surface area contributed by atoms with Crippen LogP contribution in [-0.4, -0.2) is 79.9 Å². The lowest BCUT2D eigenvalue weighted by Gasteiger charge is -2.35. The number of carbonyl (C=O) groups excluding carboxylic acids is 1. The second kappa shape index (κ2) is 10.7. The van der Waals surface area contributed by atoms with Crippen LogP contribution in [0, 0.1) is 5.92 Å². The number of benzene rings is 1. The van der Waals surface area contributed by atoms with Crippen molar-refractivity contribution in [3.8, 4) is 11.3 Å². The number of fused-ring (bicyclic) bond motifs is 1. The molecule has 1 amide bonds. The molecule has 4 aromatic rings. The molecule has 4 heterocycles. The van der Waals surface area contributed by atoms with Gasteiger partial charge < -0.3 is 14.8 Å². The van der Waals surface area contributed by atoms with Gasteiger partial charge in [0.05, 0.1) is 16.7 Å². The van der Waals surface area contributed by atoms with E-state index in [1.165, 1.54) is 5.56 Å². The Morgan fingerprint density at radius 1 is 1.05 bits per heavy atom. The molecular weight excluding hydrogens is 488 g/mol. The second-order valence-electron chi connectivity index (χ2n) is 11.1. The number of amides is 1. The molecule has 2 aliphatic rings. The predicted molar refractivity (Wildman–Crippen MR) is 152 cm³/mol. The number of hydrogen-bond acceptors (Lipinski definition) is 7. The predicted octanol–water partition coefficient (Wildman–Crippen LogP) is 3.90. The minimum absolute atomic E-state index is 0.307. The smallest absolute Gasteiger partial charge is 0.225 e. The van der Waals surface area contributed by atoms with Crippen LogP contribution < -0.4 is 4.90 Å². The van der Waals surface area contributed by atoms with Crippen molar-refractivity contribution in [1.29, 1.82) is 0 Å². The SMILES string of the molecule is CC(C)N(C)c1cc(-c2ccc3nc(Cc4cc(CN5CCN(C(=O)C6CC6)CC5)ccn4)[nH]c3c2)ncn1. The van der Waals surface area contributed by atoms with Crippen molar-refractivity contribution >= 4 is 22.8 Å². The molecule has 9 nitrogen and oxygen atoms in total. The van der Waals surface area contributed by atoms with E-state index >= 15 is 0 Å². The van der Waals surface area contributed by atoms with E-state index in [2.05, 4.69) is 67.8 Å². The summed E-state index contributed by atoms with van der Waals surface area (Å²) in [6.45, 7) is 8.66. The molecule has 1 saturated carbocycles. The van der Waals surface area contributed by atoms with Gasteiger partial charge in [0.2, 0.25) is 5.91 Å². The summed E-state index contributed by atoms with van der Waals surface area (Å²) in [5, 5.41) is 0. The highest BCUT2D eigenvalue weighted by Crippen LogP contribution is 2.31. The number of nitrogens with zero attached hydrogens (tertiary/aromatic N) is 7. The minimum Gasteiger partial charge on any atom is -0.357 e. The van der Waals surface area contributed by atoms with E-state index in [4.69, 9.17) is 4.98 Å². The average molecular weight is 525 g/mol. The molecule has 202 valence electrons. The van der Waals surface area contributed by atoms with Crippen molar-refractivity contribution < 1.29 is 4.79 Å². The van der Waals surface area contributed by atoms with Crippen LogP contribution in [0.15, 0.2) is 48.9 Å². The van der Waals surface area contributed by atoms with Gasteiger partial charge in [-0.2, -0.15) is 0 Å². The van der Waals surface area contributed by atoms with Crippen LogP contribution >= 0.6 is 0 Å². The summed E-state index contributed by atoms with van der Waals surface area (Å²) >= 11 is 0. The highest BCUT2D eigenvalue weighted by atomic mass is 16.2. The molecule has 1 N–H and O–H groups in total. The number of hydrogen-bond donors (Lipinski definition) is 1. The minimum atomic E-state index is 0.307. The summed E-state index contributed by atoms with van der Waals surface area (Å²) in [6.07, 6.45) is 6.30. The van der Waals surface area contributed by atoms with Gasteiger partial charge in [0.15, 0.2) is 0 Å². The van der Waals surface area contributed by atoms with Crippen LogP contribution in [0.3, 0.4) is 0 Å². The maximum Gasteiger partial charge on any atom is 0.225 e. The fourth-order valence-corrected chi connectivity index (χ4v) is 5.14. The third-order valence-corrected chi connectivity index (χ3v) is 7.86. The van der Waals surface area contributed by atoms with Gasteiger partial charge >= 0.3 is 0 Å². The topological polar surface area (TPSA) is 94.1 Å². The van der Waals surface area contributed by atoms with Gasteiger partial charge in [-0.1, -0.05) is 6.07 Å². The fourth-order valence-electron chi connectivity index (χ4n) is 5.14. The molecule has 0 atom stereocenters. The number of H-pyrrole nitrogens is 1. The molecule has 1 aromatic carbocycles. The van der Waals surface area contributed by atoms with E-state index in [0.717, 1.165) is 85.2 Å². The maximum atomic E-state index is 12.3. The molecule has 9 heteroatoms. The first-order chi connectivity index (χ1) is 18.9. The number of piperazine rings is 1. The van der Waals surface area contributed by atoms with Crippen molar-refractivity contribution in [2.75, 3.05) is 38.1 Å². The molecule has 39 heavy (non-hydrogen) atoms. The van der Waals surface area contributed by atoms with Gasteiger partial charge in [0.1, 0.15) is 18.0 Å². The molecule has 3 aromatic heterocycles. The Balaban J connectivity index is 1.11. The molecule has 1 aliphatic heterocycles. The molecule has 0 bridgehead atoms. The normalized spacial score (nSPS) is 16.3. The van der Waals surface area contributed by atoms with Crippen molar-refractivity contribution in [3.05, 3.63) is 66.0 Å². The number of rotatable bonds is 8. The van der Waals surface area contributed by atoms with E-state index in [1.807, 2.05) is 30.3 Å². The van der Waals surface area contributed by atoms with E-state index < -0.39 is 0 Å². The first-order valence-corrected chi connectivity index (χ1v) is 13.9. The number of nitrogens with one attached hydrogen (secondary N) is 1. The summed E-state index contributed by atoms with van der Waals surface area (Å²) in [7, 11) is 2.04. The van der Waals surface area contributed by atoms with E-state index in [0.29, 0.717) is 24.3 Å². The number of aromatic nitrogens is 5. The Morgan fingerprint density at radius 2 is 1.87 bits per heavy atom. The number of imidazole rings is 1. The van der Waals surface area contributed by atoms with Crippen molar-refractivity contribution in [2.24, 2.45) is 5.92 Å². The van der Waals surface area contributed by atoms with Crippen LogP contribution in [0.4, 0.5) is 5.82 Å². The number of anilines is 1. The van der Waals surface area contributed by atoms with Crippen LogP contribution in [-0.2, 0) is 17.8 Å². The molecule has 0 unspecified atom stereocenters. The zero-order valence-electron chi connectivity index (χ0n) is 23.0. The van der Waals surface area contributed by atoms with Crippen LogP contribution in [0.2, 0.25) is 0 Å². The number of carbonyl (C=O) groups is 1. The number of aromatic amines is 1. The van der Waals surface area contributed by atoms with Crippen molar-refractivity contribution in [3.63, 3.8) is 0 Å². The zero-order chi connectivity index (χ0) is 26.9. The first kappa shape index (κ1) is 25.4. The summed E-state index contributed by atoms with van der Waals surface area (Å²) in [5.41, 5.74) is 6.06. The molecule has 6 rings (SSSR count). The van der Waals surface area contributed by atoms with Gasteiger partial charge in [0.25, 0.3) is 0 Å². The lowest BCUT2D eigenvalue weighted by Crippen LogP contribution is -2.48. The molecule has 0 radical (unpaired) electrons. The van der Waals surface area contributed by atoms with Crippen LogP contribution in [0.5, 0.6) is 0 Å². The summed E-state index contributed by atoms with van der Waals surface area (Å²) in [6, 6.07) is 12.8. The van der Waals surface area contributed by atoms with E-state index in [1.54, 1.807) is 6.33 Å². The summed E-state index contributed by atoms with van der Waals surface area (Å²) in [4.78, 5) is 40.8. The molecule has 2 fully saturated rings. The standard InChI is InChI=1S/C30H36N8O/c1-20(2)36(3)29-17-26(32-19-33-29)23-6-7-25-27(15-23)35-28(34-25)16-24-14-21(8-9-31-24)18-37-10-12-38(13-11-37)30(39)22-4-5-22/h6-9,14-15,17,19-20,22H,4-5,10-13,16,18H2,1-3H3,(H,34,35). The molecule has 0 spiro atoms. The lowest BCUT2D eigenvalue weighted by atomic mass is 10.1. The Morgan fingerprint density at radius 3 is 2.64 bits per heavy atom. The highest BCUT2D eigenvalue weighted by Gasteiger charge is 2.34. The quantitative estimate of drug-likeness (QED) is 0.374. The van der Waals surface area contributed by atoms with Gasteiger partial charge in [-0.05, 0) is 56.5 Å². The lowest BCUT2D eigenvalue weighted by molar-refractivity contribution is -0.134. The summed E-state index contributed by atoms with van der Waals surface area (Å²) in [5.74, 6) is 2.46. The van der Waals surface area contributed by atoms with Crippen molar-refractivity contribution in [2.45, 2.75) is 45.7 Å². The monoisotopic (exact) mass is 524 g/mol. The third-order valence-electron chi connectivity index (χ3n) is 7.86. The van der Waals surface area contributed by atoms with Crippen LogP contribution in [0.25, 0.3) is 22.3 Å². The molecule has 1 aliphatic carbocycles. The Kier molecular flexibility index (Phi) is 6.99. The maximum absolute atomic E-state index is 12.3. The van der Waals surface area contributed by atoms with Crippen molar-refractivity contribution in [1.82, 2.24) is 34.7 Å². The second-order valence-corrected chi connectivity index (χ2v) is 11.1. The molecule has 1 saturated heterocycles. The Hall–Kier alpha value is -3.85. The van der Waals surface area contributed by atoms with E-state index in [9.17, 15) is 4.79 Å². The zero-order valence-corrected chi connectivity index (χ0v) is 23.0. The van der Waals surface area contributed by atoms with Gasteiger partial charge in [-0.15, -0.1) is 0 Å². The van der Waals surface area contributed by atoms with Gasteiger partial charge in [-0.3, -0.25) is 14.7 Å². The summed E-state index contributed by atoms with van der Waals surface area (Å²) < 4.78 is 0. The number of pyridine rings is 1. The van der Waals surface area contributed by atoms with Gasteiger partial charge in [-0.25, -0.2) is 15.0 Å². The van der Waals surface area contributed by atoms with Gasteiger partial charge in [0, 0.05) is 81.7 Å². The van der Waals surface area contributed by atoms with E-state index in [-0.39, 0.29) is 0 Å². The average Bonchev–Trinajstić information content (AvgIpc) is 3.72. The Labute approximate surface area is 229 Å². The Bertz CT molecular complexity index is 1470. The molecular formula is C30H36N8O. The largest absolute Gasteiger partial charge is 0.357 e.